The van der Waals surface area contributed by atoms with Crippen molar-refractivity contribution in [1.82, 2.24) is 9.88 Å². The maximum Gasteiger partial charge on any atom is 0.129 e. The van der Waals surface area contributed by atoms with Crippen LogP contribution in [0.5, 0.6) is 0 Å². The second kappa shape index (κ2) is 5.92. The highest BCUT2D eigenvalue weighted by Crippen LogP contribution is 2.34. The van der Waals surface area contributed by atoms with E-state index in [-0.39, 0.29) is 5.82 Å². The molecule has 110 valence electrons. The average molecular weight is 286 g/mol. The summed E-state index contributed by atoms with van der Waals surface area (Å²) >= 11 is 0. The first kappa shape index (κ1) is 14.2. The molecule has 1 N–H and O–H groups in total. The van der Waals surface area contributed by atoms with E-state index in [1.807, 2.05) is 12.1 Å². The fourth-order valence-corrected chi connectivity index (χ4v) is 2.94. The van der Waals surface area contributed by atoms with Gasteiger partial charge in [-0.3, -0.25) is 9.88 Å². The molecule has 3 nitrogen and oxygen atoms in total. The van der Waals surface area contributed by atoms with Crippen molar-refractivity contribution in [3.63, 3.8) is 0 Å². The highest BCUT2D eigenvalue weighted by atomic mass is 19.1. The van der Waals surface area contributed by atoms with Crippen molar-refractivity contribution < 1.29 is 9.50 Å². The lowest BCUT2D eigenvalue weighted by Gasteiger charge is -2.38. The third-order valence-corrected chi connectivity index (χ3v) is 4.21. The second-order valence-corrected chi connectivity index (χ2v) is 5.64. The topological polar surface area (TPSA) is 36.4 Å². The first-order chi connectivity index (χ1) is 10.2. The lowest BCUT2D eigenvalue weighted by atomic mass is 9.84. The number of halogens is 1. The fourth-order valence-electron chi connectivity index (χ4n) is 2.94. The summed E-state index contributed by atoms with van der Waals surface area (Å²) in [5.74, 6) is -0.317. The highest BCUT2D eigenvalue weighted by molar-refractivity contribution is 5.25. The highest BCUT2D eigenvalue weighted by Gasteiger charge is 2.35. The Morgan fingerprint density at radius 2 is 1.76 bits per heavy atom. The van der Waals surface area contributed by atoms with Crippen LogP contribution in [0.1, 0.15) is 24.0 Å². The van der Waals surface area contributed by atoms with Crippen LogP contribution in [0.25, 0.3) is 0 Å². The Morgan fingerprint density at radius 3 is 2.43 bits per heavy atom. The van der Waals surface area contributed by atoms with Gasteiger partial charge in [-0.1, -0.05) is 18.2 Å². The van der Waals surface area contributed by atoms with E-state index in [2.05, 4.69) is 9.88 Å². The SMILES string of the molecule is OC1(c2ccccc2F)CCN(Cc2ccncc2)CC1. The molecule has 0 saturated carbocycles. The molecular formula is C17H19FN2O. The average Bonchev–Trinajstić information content (AvgIpc) is 2.51. The van der Waals surface area contributed by atoms with Gasteiger partial charge in [0.1, 0.15) is 5.82 Å². The van der Waals surface area contributed by atoms with Crippen LogP contribution in [0.4, 0.5) is 4.39 Å². The molecule has 0 radical (unpaired) electrons. The summed E-state index contributed by atoms with van der Waals surface area (Å²) in [7, 11) is 0. The van der Waals surface area contributed by atoms with E-state index >= 15 is 0 Å². The van der Waals surface area contributed by atoms with Crippen LogP contribution < -0.4 is 0 Å². The Morgan fingerprint density at radius 1 is 1.10 bits per heavy atom. The van der Waals surface area contributed by atoms with Gasteiger partial charge in [-0.2, -0.15) is 0 Å². The van der Waals surface area contributed by atoms with E-state index in [0.717, 1.165) is 19.6 Å². The van der Waals surface area contributed by atoms with Gasteiger partial charge in [0.05, 0.1) is 5.60 Å². The number of hydrogen-bond acceptors (Lipinski definition) is 3. The van der Waals surface area contributed by atoms with Crippen LogP contribution in [-0.4, -0.2) is 28.1 Å². The van der Waals surface area contributed by atoms with Crippen molar-refractivity contribution in [3.8, 4) is 0 Å². The van der Waals surface area contributed by atoms with Gasteiger partial charge in [0.2, 0.25) is 0 Å². The van der Waals surface area contributed by atoms with E-state index in [4.69, 9.17) is 0 Å². The second-order valence-electron chi connectivity index (χ2n) is 5.64. The molecule has 0 spiro atoms. The Kier molecular flexibility index (Phi) is 3.99. The first-order valence-electron chi connectivity index (χ1n) is 7.26. The number of piperidine rings is 1. The number of nitrogens with zero attached hydrogens (tertiary/aromatic N) is 2. The molecule has 0 atom stereocenters. The Balaban J connectivity index is 1.66. The minimum atomic E-state index is -1.04. The van der Waals surface area contributed by atoms with E-state index in [1.54, 1.807) is 30.6 Å². The Hall–Kier alpha value is -1.78. The summed E-state index contributed by atoms with van der Waals surface area (Å²) in [4.78, 5) is 6.29. The first-order valence-corrected chi connectivity index (χ1v) is 7.26. The van der Waals surface area contributed by atoms with Crippen molar-refractivity contribution >= 4 is 0 Å². The number of benzene rings is 1. The molecule has 1 aliphatic rings. The molecule has 3 rings (SSSR count). The van der Waals surface area contributed by atoms with Crippen molar-refractivity contribution in [3.05, 3.63) is 65.7 Å². The van der Waals surface area contributed by atoms with Gasteiger partial charge in [0, 0.05) is 37.6 Å². The van der Waals surface area contributed by atoms with Crippen molar-refractivity contribution in [2.24, 2.45) is 0 Å². The summed E-state index contributed by atoms with van der Waals surface area (Å²) in [6, 6.07) is 10.5. The van der Waals surface area contributed by atoms with Crippen LogP contribution in [0.2, 0.25) is 0 Å². The van der Waals surface area contributed by atoms with Crippen molar-refractivity contribution in [2.45, 2.75) is 25.0 Å². The number of aromatic nitrogens is 1. The van der Waals surface area contributed by atoms with Crippen molar-refractivity contribution in [1.29, 1.82) is 0 Å². The van der Waals surface area contributed by atoms with E-state index < -0.39 is 5.60 Å². The molecule has 1 fully saturated rings. The molecule has 1 aromatic carbocycles. The molecule has 1 aliphatic heterocycles. The smallest absolute Gasteiger partial charge is 0.129 e. The zero-order valence-electron chi connectivity index (χ0n) is 11.9. The van der Waals surface area contributed by atoms with Crippen molar-refractivity contribution in [2.75, 3.05) is 13.1 Å². The predicted octanol–water partition coefficient (Wildman–Crippen LogP) is 2.70. The number of aliphatic hydroxyl groups is 1. The minimum absolute atomic E-state index is 0.317. The minimum Gasteiger partial charge on any atom is -0.385 e. The summed E-state index contributed by atoms with van der Waals surface area (Å²) in [5, 5.41) is 10.7. The molecular weight excluding hydrogens is 267 g/mol. The number of hydrogen-bond donors (Lipinski definition) is 1. The molecule has 0 aliphatic carbocycles. The zero-order valence-corrected chi connectivity index (χ0v) is 11.9. The molecule has 2 aromatic rings. The lowest BCUT2D eigenvalue weighted by molar-refractivity contribution is -0.0302. The monoisotopic (exact) mass is 286 g/mol. The normalized spacial score (nSPS) is 18.6. The maximum atomic E-state index is 13.9. The molecule has 1 aromatic heterocycles. The molecule has 0 unspecified atom stereocenters. The van der Waals surface area contributed by atoms with Gasteiger partial charge in [-0.15, -0.1) is 0 Å². The Labute approximate surface area is 124 Å². The van der Waals surface area contributed by atoms with Gasteiger partial charge < -0.3 is 5.11 Å². The van der Waals surface area contributed by atoms with E-state index in [1.165, 1.54) is 11.6 Å². The van der Waals surface area contributed by atoms with Gasteiger partial charge in [-0.25, -0.2) is 4.39 Å². The Bertz CT molecular complexity index is 595. The third kappa shape index (κ3) is 3.12. The summed E-state index contributed by atoms with van der Waals surface area (Å²) in [6.45, 7) is 2.36. The van der Waals surface area contributed by atoms with E-state index in [0.29, 0.717) is 18.4 Å². The molecule has 0 bridgehead atoms. The fraction of sp³-hybridized carbons (Fsp3) is 0.353. The zero-order chi connectivity index (χ0) is 14.7. The number of likely N-dealkylation sites (tertiary alicyclic amines) is 1. The molecule has 0 amide bonds. The third-order valence-electron chi connectivity index (χ3n) is 4.21. The molecule has 21 heavy (non-hydrogen) atoms. The van der Waals surface area contributed by atoms with Crippen LogP contribution >= 0.6 is 0 Å². The van der Waals surface area contributed by atoms with Crippen LogP contribution in [0, 0.1) is 5.82 Å². The molecule has 2 heterocycles. The number of rotatable bonds is 3. The van der Waals surface area contributed by atoms with Gasteiger partial charge in [0.25, 0.3) is 0 Å². The molecule has 4 heteroatoms. The quantitative estimate of drug-likeness (QED) is 0.942. The summed E-state index contributed by atoms with van der Waals surface area (Å²) in [6.07, 6.45) is 4.68. The van der Waals surface area contributed by atoms with Crippen LogP contribution in [0.15, 0.2) is 48.8 Å². The number of pyridine rings is 1. The van der Waals surface area contributed by atoms with Gasteiger partial charge in [0.15, 0.2) is 0 Å². The summed E-state index contributed by atoms with van der Waals surface area (Å²) < 4.78 is 13.9. The van der Waals surface area contributed by atoms with E-state index in [9.17, 15) is 9.50 Å². The maximum absolute atomic E-state index is 13.9. The van der Waals surface area contributed by atoms with Gasteiger partial charge >= 0.3 is 0 Å². The van der Waals surface area contributed by atoms with Crippen LogP contribution in [-0.2, 0) is 12.1 Å². The molecule has 1 saturated heterocycles. The largest absolute Gasteiger partial charge is 0.385 e. The van der Waals surface area contributed by atoms with Crippen LogP contribution in [0.3, 0.4) is 0 Å². The summed E-state index contributed by atoms with van der Waals surface area (Å²) in [5.41, 5.74) is 0.593. The predicted molar refractivity (Wildman–Crippen MR) is 79.0 cm³/mol. The lowest BCUT2D eigenvalue weighted by Crippen LogP contribution is -2.42. The van der Waals surface area contributed by atoms with Gasteiger partial charge in [-0.05, 0) is 36.6 Å². The standard InChI is InChI=1S/C17H19FN2O/c18-16-4-2-1-3-15(16)17(21)7-11-20(12-8-17)13-14-5-9-19-10-6-14/h1-6,9-10,21H,7-8,11-13H2.